The van der Waals surface area contributed by atoms with E-state index in [9.17, 15) is 0 Å². The maximum atomic E-state index is 5.85. The molecule has 1 aliphatic heterocycles. The number of para-hydroxylation sites is 1. The van der Waals surface area contributed by atoms with Crippen LogP contribution in [0, 0.1) is 5.92 Å². The summed E-state index contributed by atoms with van der Waals surface area (Å²) in [5.41, 5.74) is 2.58. The SMILES string of the molecule is c1ccc2c(CCOCC3CCNCC3)c[nH]c2c1. The smallest absolute Gasteiger partial charge is 0.0507 e. The molecule has 0 aliphatic carbocycles. The topological polar surface area (TPSA) is 37.0 Å². The Kier molecular flexibility index (Phi) is 4.16. The Morgan fingerprint density at radius 1 is 1.16 bits per heavy atom. The van der Waals surface area contributed by atoms with Gasteiger partial charge in [-0.1, -0.05) is 18.2 Å². The second kappa shape index (κ2) is 6.22. The standard InChI is InChI=1S/C16H22N2O/c1-2-4-16-15(3-1)14(11-18-16)7-10-19-12-13-5-8-17-9-6-13/h1-4,11,13,17-18H,5-10,12H2. The molecule has 2 aromatic rings. The summed E-state index contributed by atoms with van der Waals surface area (Å²) >= 11 is 0. The van der Waals surface area contributed by atoms with Crippen LogP contribution in [0.1, 0.15) is 18.4 Å². The number of aromatic nitrogens is 1. The minimum atomic E-state index is 0.754. The molecule has 1 aliphatic rings. The Bertz CT molecular complexity index is 514. The van der Waals surface area contributed by atoms with E-state index < -0.39 is 0 Å². The third-order valence-corrected chi connectivity index (χ3v) is 4.00. The van der Waals surface area contributed by atoms with Crippen LogP contribution < -0.4 is 5.32 Å². The van der Waals surface area contributed by atoms with Gasteiger partial charge in [0.25, 0.3) is 0 Å². The molecule has 0 bridgehead atoms. The van der Waals surface area contributed by atoms with Crippen molar-refractivity contribution >= 4 is 10.9 Å². The largest absolute Gasteiger partial charge is 0.381 e. The highest BCUT2D eigenvalue weighted by Crippen LogP contribution is 2.18. The molecule has 19 heavy (non-hydrogen) atoms. The molecule has 3 heteroatoms. The number of aromatic amines is 1. The first-order valence-corrected chi connectivity index (χ1v) is 7.27. The first-order chi connectivity index (χ1) is 9.43. The van der Waals surface area contributed by atoms with Crippen LogP contribution in [0.25, 0.3) is 10.9 Å². The van der Waals surface area contributed by atoms with E-state index in [2.05, 4.69) is 40.8 Å². The first-order valence-electron chi connectivity index (χ1n) is 7.27. The highest BCUT2D eigenvalue weighted by atomic mass is 16.5. The van der Waals surface area contributed by atoms with E-state index >= 15 is 0 Å². The Morgan fingerprint density at radius 3 is 2.89 bits per heavy atom. The van der Waals surface area contributed by atoms with Crippen molar-refractivity contribution in [3.8, 4) is 0 Å². The molecule has 0 spiro atoms. The summed E-state index contributed by atoms with van der Waals surface area (Å²) in [5.74, 6) is 0.754. The minimum absolute atomic E-state index is 0.754. The lowest BCUT2D eigenvalue weighted by atomic mass is 9.99. The maximum Gasteiger partial charge on any atom is 0.0507 e. The molecule has 102 valence electrons. The van der Waals surface area contributed by atoms with Gasteiger partial charge in [-0.3, -0.25) is 0 Å². The molecule has 2 heterocycles. The van der Waals surface area contributed by atoms with Crippen molar-refractivity contribution < 1.29 is 4.74 Å². The molecule has 3 rings (SSSR count). The normalized spacial score (nSPS) is 17.1. The summed E-state index contributed by atoms with van der Waals surface area (Å²) in [6.07, 6.45) is 5.62. The van der Waals surface area contributed by atoms with E-state index in [0.717, 1.165) is 38.6 Å². The summed E-state index contributed by atoms with van der Waals surface area (Å²) in [7, 11) is 0. The summed E-state index contributed by atoms with van der Waals surface area (Å²) < 4.78 is 5.85. The van der Waals surface area contributed by atoms with Crippen molar-refractivity contribution in [1.29, 1.82) is 0 Å². The summed E-state index contributed by atoms with van der Waals surface area (Å²) in [6.45, 7) is 4.04. The number of ether oxygens (including phenoxy) is 1. The van der Waals surface area contributed by atoms with Crippen LogP contribution in [0.5, 0.6) is 0 Å². The van der Waals surface area contributed by atoms with E-state index in [-0.39, 0.29) is 0 Å². The maximum absolute atomic E-state index is 5.85. The number of benzene rings is 1. The van der Waals surface area contributed by atoms with Crippen molar-refractivity contribution in [3.05, 3.63) is 36.0 Å². The fraction of sp³-hybridized carbons (Fsp3) is 0.500. The molecule has 0 atom stereocenters. The lowest BCUT2D eigenvalue weighted by Gasteiger charge is -2.22. The molecule has 0 saturated carbocycles. The van der Waals surface area contributed by atoms with E-state index in [1.54, 1.807) is 0 Å². The molecular formula is C16H22N2O. The van der Waals surface area contributed by atoms with Crippen LogP contribution in [-0.2, 0) is 11.2 Å². The lowest BCUT2D eigenvalue weighted by molar-refractivity contribution is 0.0902. The van der Waals surface area contributed by atoms with Gasteiger partial charge in [0.1, 0.15) is 0 Å². The molecule has 0 radical (unpaired) electrons. The Balaban J connectivity index is 1.47. The van der Waals surface area contributed by atoms with Gasteiger partial charge in [0.05, 0.1) is 6.61 Å². The molecular weight excluding hydrogens is 236 g/mol. The molecule has 1 aromatic carbocycles. The molecule has 2 N–H and O–H groups in total. The minimum Gasteiger partial charge on any atom is -0.381 e. The fourth-order valence-electron chi connectivity index (χ4n) is 2.82. The van der Waals surface area contributed by atoms with Gasteiger partial charge in [-0.15, -0.1) is 0 Å². The van der Waals surface area contributed by atoms with Gasteiger partial charge >= 0.3 is 0 Å². The number of hydrogen-bond donors (Lipinski definition) is 2. The zero-order chi connectivity index (χ0) is 12.9. The third kappa shape index (κ3) is 3.17. The Hall–Kier alpha value is -1.32. The molecule has 0 amide bonds. The highest BCUT2D eigenvalue weighted by Gasteiger charge is 2.12. The molecule has 0 unspecified atom stereocenters. The molecule has 1 fully saturated rings. The van der Waals surface area contributed by atoms with Crippen molar-refractivity contribution in [3.63, 3.8) is 0 Å². The van der Waals surface area contributed by atoms with Gasteiger partial charge in [-0.05, 0) is 49.9 Å². The number of H-pyrrole nitrogens is 1. The number of piperidine rings is 1. The predicted molar refractivity (Wildman–Crippen MR) is 78.4 cm³/mol. The summed E-state index contributed by atoms with van der Waals surface area (Å²) in [4.78, 5) is 3.31. The first kappa shape index (κ1) is 12.7. The molecule has 3 nitrogen and oxygen atoms in total. The second-order valence-electron chi connectivity index (χ2n) is 5.38. The van der Waals surface area contributed by atoms with Gasteiger partial charge in [-0.25, -0.2) is 0 Å². The number of rotatable bonds is 5. The van der Waals surface area contributed by atoms with Crippen molar-refractivity contribution in [2.75, 3.05) is 26.3 Å². The number of nitrogens with one attached hydrogen (secondary N) is 2. The van der Waals surface area contributed by atoms with Gasteiger partial charge in [-0.2, -0.15) is 0 Å². The quantitative estimate of drug-likeness (QED) is 0.809. The van der Waals surface area contributed by atoms with Crippen LogP contribution in [0.4, 0.5) is 0 Å². The average molecular weight is 258 g/mol. The van der Waals surface area contributed by atoms with E-state index in [4.69, 9.17) is 4.74 Å². The fourth-order valence-corrected chi connectivity index (χ4v) is 2.82. The van der Waals surface area contributed by atoms with Crippen LogP contribution in [-0.4, -0.2) is 31.3 Å². The van der Waals surface area contributed by atoms with Crippen LogP contribution >= 0.6 is 0 Å². The third-order valence-electron chi connectivity index (χ3n) is 4.00. The molecule has 1 saturated heterocycles. The number of fused-ring (bicyclic) bond motifs is 1. The van der Waals surface area contributed by atoms with Crippen LogP contribution in [0.2, 0.25) is 0 Å². The van der Waals surface area contributed by atoms with Crippen molar-refractivity contribution in [2.45, 2.75) is 19.3 Å². The van der Waals surface area contributed by atoms with Crippen LogP contribution in [0.3, 0.4) is 0 Å². The second-order valence-corrected chi connectivity index (χ2v) is 5.38. The summed E-state index contributed by atoms with van der Waals surface area (Å²) in [6, 6.07) is 8.45. The average Bonchev–Trinajstić information content (AvgIpc) is 2.88. The predicted octanol–water partition coefficient (Wildman–Crippen LogP) is 2.73. The van der Waals surface area contributed by atoms with E-state index in [1.165, 1.54) is 29.3 Å². The van der Waals surface area contributed by atoms with Crippen molar-refractivity contribution in [1.82, 2.24) is 10.3 Å². The Labute approximate surface area is 114 Å². The number of hydrogen-bond acceptors (Lipinski definition) is 2. The zero-order valence-corrected chi connectivity index (χ0v) is 11.3. The lowest BCUT2D eigenvalue weighted by Crippen LogP contribution is -2.30. The Morgan fingerprint density at radius 2 is 2.00 bits per heavy atom. The van der Waals surface area contributed by atoms with E-state index in [1.807, 2.05) is 0 Å². The van der Waals surface area contributed by atoms with E-state index in [0.29, 0.717) is 0 Å². The highest BCUT2D eigenvalue weighted by molar-refractivity contribution is 5.82. The zero-order valence-electron chi connectivity index (χ0n) is 11.3. The van der Waals surface area contributed by atoms with Gasteiger partial charge in [0.2, 0.25) is 0 Å². The molecule has 1 aromatic heterocycles. The van der Waals surface area contributed by atoms with Crippen LogP contribution in [0.15, 0.2) is 30.5 Å². The van der Waals surface area contributed by atoms with Gasteiger partial charge < -0.3 is 15.0 Å². The van der Waals surface area contributed by atoms with Gasteiger partial charge in [0.15, 0.2) is 0 Å². The summed E-state index contributed by atoms with van der Waals surface area (Å²) in [5, 5.41) is 4.71. The monoisotopic (exact) mass is 258 g/mol. The van der Waals surface area contributed by atoms with Crippen molar-refractivity contribution in [2.24, 2.45) is 5.92 Å². The van der Waals surface area contributed by atoms with Gasteiger partial charge in [0, 0.05) is 23.7 Å².